The first kappa shape index (κ1) is 24.3. The summed E-state index contributed by atoms with van der Waals surface area (Å²) in [6.07, 6.45) is 3.67. The van der Waals surface area contributed by atoms with Crippen LogP contribution in [0.4, 0.5) is 26.2 Å². The van der Waals surface area contributed by atoms with Gasteiger partial charge in [-0.2, -0.15) is 0 Å². The van der Waals surface area contributed by atoms with Gasteiger partial charge in [0.1, 0.15) is 5.82 Å². The van der Waals surface area contributed by atoms with E-state index in [1.54, 1.807) is 24.3 Å². The van der Waals surface area contributed by atoms with Gasteiger partial charge in [-0.05, 0) is 61.9 Å². The van der Waals surface area contributed by atoms with Crippen LogP contribution < -0.4 is 16.0 Å². The first-order valence-corrected chi connectivity index (χ1v) is 11.8. The predicted molar refractivity (Wildman–Crippen MR) is 129 cm³/mol. The topological polar surface area (TPSA) is 106 Å². The number of nitrogen functional groups attached to an aromatic ring is 1. The summed E-state index contributed by atoms with van der Waals surface area (Å²) in [6, 6.07) is 9.69. The van der Waals surface area contributed by atoms with Crippen molar-refractivity contribution in [3.63, 3.8) is 0 Å². The van der Waals surface area contributed by atoms with Gasteiger partial charge in [0, 0.05) is 30.9 Å². The highest BCUT2D eigenvalue weighted by Crippen LogP contribution is 2.38. The second-order valence-corrected chi connectivity index (χ2v) is 8.62. The number of benzene rings is 2. The molecule has 1 unspecified atom stereocenters. The number of hydrogen-bond donors (Lipinski definition) is 3. The number of rotatable bonds is 8. The van der Waals surface area contributed by atoms with E-state index in [-0.39, 0.29) is 18.2 Å². The van der Waals surface area contributed by atoms with Crippen molar-refractivity contribution in [3.8, 4) is 11.1 Å². The van der Waals surface area contributed by atoms with Crippen molar-refractivity contribution in [3.05, 3.63) is 42.2 Å². The number of carbonyl (C=O) groups is 1. The third kappa shape index (κ3) is 6.37. The average Bonchev–Trinajstić information content (AvgIpc) is 2.84. The maximum atomic E-state index is 13.5. The molecule has 4 rings (SSSR count). The van der Waals surface area contributed by atoms with E-state index in [1.165, 1.54) is 12.1 Å². The number of anilines is 3. The van der Waals surface area contributed by atoms with Crippen LogP contribution in [-0.2, 0) is 14.2 Å². The highest BCUT2D eigenvalue weighted by atomic mass is 19.1. The van der Waals surface area contributed by atoms with Crippen LogP contribution in [-0.4, -0.2) is 56.5 Å². The largest absolute Gasteiger partial charge is 0.465 e. The lowest BCUT2D eigenvalue weighted by atomic mass is 9.98. The summed E-state index contributed by atoms with van der Waals surface area (Å²) in [5.74, 6) is -0.320. The summed E-state index contributed by atoms with van der Waals surface area (Å²) in [5, 5.41) is 11.5. The normalized spacial score (nSPS) is 19.2. The molecule has 184 valence electrons. The van der Waals surface area contributed by atoms with Gasteiger partial charge in [0.15, 0.2) is 6.29 Å². The SMILES string of the molecule is Nc1cc(-c2ccc(F)cc2)c(N2CCC(OCCOC3CCCCO3)CC2)cc1NC(=O)O. The standard InChI is InChI=1S/C25H32FN3O5/c26-18-6-4-17(5-7-18)20-15-21(27)22(28-25(30)31)16-23(20)29-10-8-19(9-11-29)32-13-14-34-24-3-1-2-12-33-24/h4-7,15-16,19,24,28H,1-3,8-14,27H2,(H,30,31). The van der Waals surface area contributed by atoms with Gasteiger partial charge >= 0.3 is 6.09 Å². The summed E-state index contributed by atoms with van der Waals surface area (Å²) < 4.78 is 30.8. The van der Waals surface area contributed by atoms with Gasteiger partial charge in [-0.15, -0.1) is 0 Å². The van der Waals surface area contributed by atoms with Crippen LogP contribution in [0.15, 0.2) is 36.4 Å². The maximum absolute atomic E-state index is 13.5. The molecule has 4 N–H and O–H groups in total. The molecule has 0 saturated carbocycles. The van der Waals surface area contributed by atoms with Crippen molar-refractivity contribution in [1.29, 1.82) is 0 Å². The average molecular weight is 474 g/mol. The Balaban J connectivity index is 1.39. The number of nitrogens with zero attached hydrogens (tertiary/aromatic N) is 1. The second kappa shape index (κ2) is 11.5. The van der Waals surface area contributed by atoms with Gasteiger partial charge in [0.25, 0.3) is 0 Å². The number of halogens is 1. The Hall–Kier alpha value is -2.88. The molecular weight excluding hydrogens is 441 g/mol. The lowest BCUT2D eigenvalue weighted by molar-refractivity contribution is -0.171. The molecule has 0 aliphatic carbocycles. The minimum Gasteiger partial charge on any atom is -0.465 e. The molecule has 1 atom stereocenters. The zero-order valence-electron chi connectivity index (χ0n) is 19.2. The summed E-state index contributed by atoms with van der Waals surface area (Å²) in [7, 11) is 0. The molecule has 2 aliphatic rings. The van der Waals surface area contributed by atoms with Gasteiger partial charge in [-0.3, -0.25) is 5.32 Å². The third-order valence-corrected chi connectivity index (χ3v) is 6.23. The Labute approximate surface area is 198 Å². The third-order valence-electron chi connectivity index (χ3n) is 6.23. The van der Waals surface area contributed by atoms with E-state index in [9.17, 15) is 14.3 Å². The van der Waals surface area contributed by atoms with E-state index in [4.69, 9.17) is 19.9 Å². The summed E-state index contributed by atoms with van der Waals surface area (Å²) in [4.78, 5) is 13.4. The van der Waals surface area contributed by atoms with E-state index in [1.807, 2.05) is 0 Å². The van der Waals surface area contributed by atoms with Crippen LogP contribution in [0.1, 0.15) is 32.1 Å². The number of hydrogen-bond acceptors (Lipinski definition) is 6. The monoisotopic (exact) mass is 473 g/mol. The van der Waals surface area contributed by atoms with E-state index in [2.05, 4.69) is 10.2 Å². The van der Waals surface area contributed by atoms with Crippen LogP contribution in [0.25, 0.3) is 11.1 Å². The zero-order chi connectivity index (χ0) is 23.9. The predicted octanol–water partition coefficient (Wildman–Crippen LogP) is 4.69. The van der Waals surface area contributed by atoms with Crippen LogP contribution in [0.3, 0.4) is 0 Å². The molecule has 2 saturated heterocycles. The smallest absolute Gasteiger partial charge is 0.409 e. The zero-order valence-corrected chi connectivity index (χ0v) is 19.2. The Bertz CT molecular complexity index is 958. The first-order valence-electron chi connectivity index (χ1n) is 11.8. The van der Waals surface area contributed by atoms with E-state index < -0.39 is 6.09 Å². The van der Waals surface area contributed by atoms with Crippen molar-refractivity contribution in [2.45, 2.75) is 44.5 Å². The molecule has 34 heavy (non-hydrogen) atoms. The fraction of sp³-hybridized carbons (Fsp3) is 0.480. The molecule has 0 spiro atoms. The van der Waals surface area contributed by atoms with Crippen LogP contribution in [0.2, 0.25) is 0 Å². The molecule has 1 amide bonds. The quantitative estimate of drug-likeness (QED) is 0.377. The van der Waals surface area contributed by atoms with E-state index >= 15 is 0 Å². The summed E-state index contributed by atoms with van der Waals surface area (Å²) >= 11 is 0. The van der Waals surface area contributed by atoms with Crippen molar-refractivity contribution in [2.75, 3.05) is 48.9 Å². The fourth-order valence-corrected chi connectivity index (χ4v) is 4.45. The number of amides is 1. The molecule has 2 heterocycles. The Kier molecular flexibility index (Phi) is 8.21. The van der Waals surface area contributed by atoms with Crippen molar-refractivity contribution in [1.82, 2.24) is 0 Å². The first-order chi connectivity index (χ1) is 16.5. The highest BCUT2D eigenvalue weighted by Gasteiger charge is 2.24. The Morgan fingerprint density at radius 2 is 1.85 bits per heavy atom. The molecule has 0 aromatic heterocycles. The van der Waals surface area contributed by atoms with Crippen molar-refractivity contribution < 1.29 is 28.5 Å². The van der Waals surface area contributed by atoms with Crippen molar-refractivity contribution >= 4 is 23.2 Å². The van der Waals surface area contributed by atoms with Crippen molar-refractivity contribution in [2.24, 2.45) is 0 Å². The lowest BCUT2D eigenvalue weighted by Gasteiger charge is -2.35. The van der Waals surface area contributed by atoms with Crippen LogP contribution >= 0.6 is 0 Å². The maximum Gasteiger partial charge on any atom is 0.409 e. The van der Waals surface area contributed by atoms with E-state index in [0.717, 1.165) is 68.6 Å². The minimum atomic E-state index is -1.18. The molecular formula is C25H32FN3O5. The lowest BCUT2D eigenvalue weighted by Crippen LogP contribution is -2.38. The van der Waals surface area contributed by atoms with Gasteiger partial charge < -0.3 is 30.0 Å². The van der Waals surface area contributed by atoms with Gasteiger partial charge in [-0.25, -0.2) is 9.18 Å². The molecule has 9 heteroatoms. The number of piperidine rings is 1. The highest BCUT2D eigenvalue weighted by molar-refractivity contribution is 5.93. The number of nitrogens with two attached hydrogens (primary N) is 1. The van der Waals surface area contributed by atoms with Crippen LogP contribution in [0.5, 0.6) is 0 Å². The molecule has 0 radical (unpaired) electrons. The molecule has 2 aromatic carbocycles. The summed E-state index contributed by atoms with van der Waals surface area (Å²) in [5.41, 5.74) is 9.24. The van der Waals surface area contributed by atoms with Gasteiger partial charge in [0.05, 0.1) is 30.7 Å². The molecule has 2 aliphatic heterocycles. The van der Waals surface area contributed by atoms with Crippen LogP contribution in [0, 0.1) is 5.82 Å². The minimum absolute atomic E-state index is 0.108. The summed E-state index contributed by atoms with van der Waals surface area (Å²) in [6.45, 7) is 3.28. The Morgan fingerprint density at radius 1 is 1.12 bits per heavy atom. The van der Waals surface area contributed by atoms with Gasteiger partial charge in [0.2, 0.25) is 0 Å². The van der Waals surface area contributed by atoms with E-state index in [0.29, 0.717) is 24.6 Å². The molecule has 2 fully saturated rings. The van der Waals surface area contributed by atoms with Gasteiger partial charge in [-0.1, -0.05) is 12.1 Å². The molecule has 8 nitrogen and oxygen atoms in total. The molecule has 0 bridgehead atoms. The number of carboxylic acid groups (broad SMARTS) is 1. The second-order valence-electron chi connectivity index (χ2n) is 8.62. The number of nitrogens with one attached hydrogen (secondary N) is 1. The Morgan fingerprint density at radius 3 is 2.53 bits per heavy atom. The fourth-order valence-electron chi connectivity index (χ4n) is 4.45. The number of ether oxygens (including phenoxy) is 3. The molecule has 2 aromatic rings.